The molecule has 4 rings (SSSR count). The van der Waals surface area contributed by atoms with E-state index in [1.807, 2.05) is 9.80 Å². The molecule has 0 unspecified atom stereocenters. The summed E-state index contributed by atoms with van der Waals surface area (Å²) in [6.07, 6.45) is 0. The van der Waals surface area contributed by atoms with Crippen molar-refractivity contribution >= 4 is 40.7 Å². The zero-order chi connectivity index (χ0) is 24.6. The number of benzene rings is 2. The Morgan fingerprint density at radius 3 is 2.17 bits per heavy atom. The van der Waals surface area contributed by atoms with Crippen LogP contribution in [0.4, 0.5) is 11.4 Å². The van der Waals surface area contributed by atoms with Gasteiger partial charge in [0.15, 0.2) is 0 Å². The van der Waals surface area contributed by atoms with Crippen molar-refractivity contribution in [2.45, 2.75) is 0 Å². The molecule has 2 aromatic rings. The van der Waals surface area contributed by atoms with Gasteiger partial charge in [0.1, 0.15) is 0 Å². The number of carbonyl (C=O) groups is 3. The number of amides is 3. The van der Waals surface area contributed by atoms with E-state index in [0.29, 0.717) is 67.9 Å². The van der Waals surface area contributed by atoms with Crippen LogP contribution in [0.5, 0.6) is 0 Å². The molecular formula is C25H30ClN5O4. The fourth-order valence-electron chi connectivity index (χ4n) is 4.12. The predicted octanol–water partition coefficient (Wildman–Crippen LogP) is 2.01. The first kappa shape index (κ1) is 25.1. The quantitative estimate of drug-likeness (QED) is 0.605. The minimum atomic E-state index is -0.324. The second-order valence-corrected chi connectivity index (χ2v) is 9.04. The fourth-order valence-corrected chi connectivity index (χ4v) is 4.25. The Balaban J connectivity index is 1.26. The molecule has 9 nitrogen and oxygen atoms in total. The van der Waals surface area contributed by atoms with Crippen LogP contribution in [-0.4, -0.2) is 98.0 Å². The van der Waals surface area contributed by atoms with Crippen LogP contribution < -0.4 is 10.6 Å². The van der Waals surface area contributed by atoms with Crippen molar-refractivity contribution in [3.05, 3.63) is 59.1 Å². The molecule has 0 aromatic heterocycles. The molecule has 0 radical (unpaired) electrons. The first-order valence-corrected chi connectivity index (χ1v) is 12.1. The van der Waals surface area contributed by atoms with Crippen LogP contribution in [0.2, 0.25) is 5.02 Å². The van der Waals surface area contributed by atoms with Gasteiger partial charge >= 0.3 is 0 Å². The molecule has 0 spiro atoms. The first-order valence-electron chi connectivity index (χ1n) is 11.7. The Morgan fingerprint density at radius 2 is 1.46 bits per heavy atom. The highest BCUT2D eigenvalue weighted by atomic mass is 35.5. The summed E-state index contributed by atoms with van der Waals surface area (Å²) < 4.78 is 5.33. The van der Waals surface area contributed by atoms with Gasteiger partial charge in [0, 0.05) is 50.0 Å². The van der Waals surface area contributed by atoms with Crippen LogP contribution in [-0.2, 0) is 14.3 Å². The van der Waals surface area contributed by atoms with E-state index in [9.17, 15) is 14.4 Å². The number of morpholine rings is 1. The van der Waals surface area contributed by atoms with Gasteiger partial charge in [-0.3, -0.25) is 24.2 Å². The summed E-state index contributed by atoms with van der Waals surface area (Å²) in [7, 11) is 0. The van der Waals surface area contributed by atoms with Gasteiger partial charge in [0.2, 0.25) is 11.8 Å². The molecule has 3 amide bonds. The maximum atomic E-state index is 12.8. The van der Waals surface area contributed by atoms with Crippen LogP contribution in [0.25, 0.3) is 0 Å². The van der Waals surface area contributed by atoms with Crippen molar-refractivity contribution in [3.8, 4) is 0 Å². The monoisotopic (exact) mass is 499 g/mol. The van der Waals surface area contributed by atoms with Crippen molar-refractivity contribution in [1.29, 1.82) is 0 Å². The van der Waals surface area contributed by atoms with E-state index in [0.717, 1.165) is 13.1 Å². The van der Waals surface area contributed by atoms with Gasteiger partial charge in [-0.15, -0.1) is 0 Å². The van der Waals surface area contributed by atoms with E-state index in [1.54, 1.807) is 48.5 Å². The Hall–Kier alpha value is -2.98. The lowest BCUT2D eigenvalue weighted by atomic mass is 10.1. The van der Waals surface area contributed by atoms with Crippen molar-refractivity contribution in [2.75, 3.05) is 76.2 Å². The van der Waals surface area contributed by atoms with E-state index in [4.69, 9.17) is 16.3 Å². The zero-order valence-electron chi connectivity index (χ0n) is 19.5. The fraction of sp³-hybridized carbons (Fsp3) is 0.400. The van der Waals surface area contributed by atoms with Gasteiger partial charge < -0.3 is 20.3 Å². The number of rotatable bonds is 7. The van der Waals surface area contributed by atoms with Crippen LogP contribution in [0.3, 0.4) is 0 Å². The lowest BCUT2D eigenvalue weighted by molar-refractivity contribution is -0.135. The smallest absolute Gasteiger partial charge is 0.257 e. The van der Waals surface area contributed by atoms with E-state index in [-0.39, 0.29) is 24.3 Å². The van der Waals surface area contributed by atoms with Gasteiger partial charge in [0.05, 0.1) is 37.6 Å². The van der Waals surface area contributed by atoms with Crippen molar-refractivity contribution in [3.63, 3.8) is 0 Å². The number of piperazine rings is 1. The number of halogens is 1. The van der Waals surface area contributed by atoms with E-state index in [1.165, 1.54) is 0 Å². The second-order valence-electron chi connectivity index (χ2n) is 8.60. The molecule has 0 bridgehead atoms. The SMILES string of the molecule is O=C(CN1CCN(C(=O)CN2CCOCC2)CC1)Nc1ccccc1C(=O)Nc1ccc(Cl)cc1. The molecule has 0 saturated carbocycles. The normalized spacial score (nSPS) is 17.1. The Kier molecular flexibility index (Phi) is 8.70. The molecule has 2 aliphatic heterocycles. The van der Waals surface area contributed by atoms with Crippen molar-refractivity contribution in [2.24, 2.45) is 0 Å². The molecule has 2 heterocycles. The molecule has 2 aromatic carbocycles. The number of anilines is 2. The second kappa shape index (κ2) is 12.1. The standard InChI is InChI=1S/C25H30ClN5O4/c26-19-5-7-20(8-6-19)27-25(34)21-3-1-2-4-22(21)28-23(32)17-29-9-11-31(12-10-29)24(33)18-30-13-15-35-16-14-30/h1-8H,9-18H2,(H,27,34)(H,28,32). The summed E-state index contributed by atoms with van der Waals surface area (Å²) >= 11 is 5.90. The maximum absolute atomic E-state index is 12.8. The lowest BCUT2D eigenvalue weighted by Crippen LogP contribution is -2.53. The molecule has 186 valence electrons. The lowest BCUT2D eigenvalue weighted by Gasteiger charge is -2.36. The van der Waals surface area contributed by atoms with E-state index < -0.39 is 0 Å². The highest BCUT2D eigenvalue weighted by molar-refractivity contribution is 6.30. The number of hydrogen-bond donors (Lipinski definition) is 2. The number of ether oxygens (including phenoxy) is 1. The van der Waals surface area contributed by atoms with Gasteiger partial charge in [-0.05, 0) is 36.4 Å². The maximum Gasteiger partial charge on any atom is 0.257 e. The number of para-hydroxylation sites is 1. The largest absolute Gasteiger partial charge is 0.379 e. The average molecular weight is 500 g/mol. The minimum absolute atomic E-state index is 0.122. The summed E-state index contributed by atoms with van der Waals surface area (Å²) in [5.41, 5.74) is 1.43. The summed E-state index contributed by atoms with van der Waals surface area (Å²) in [5, 5.41) is 6.26. The van der Waals surface area contributed by atoms with E-state index in [2.05, 4.69) is 15.5 Å². The summed E-state index contributed by atoms with van der Waals surface area (Å²) in [5.74, 6) is -0.405. The van der Waals surface area contributed by atoms with Gasteiger partial charge in [-0.2, -0.15) is 0 Å². The highest BCUT2D eigenvalue weighted by Gasteiger charge is 2.25. The van der Waals surface area contributed by atoms with Gasteiger partial charge in [-0.25, -0.2) is 0 Å². The molecule has 2 aliphatic rings. The van der Waals surface area contributed by atoms with Gasteiger partial charge in [0.25, 0.3) is 5.91 Å². The highest BCUT2D eigenvalue weighted by Crippen LogP contribution is 2.19. The molecule has 2 saturated heterocycles. The number of nitrogens with one attached hydrogen (secondary N) is 2. The summed E-state index contributed by atoms with van der Waals surface area (Å²) in [6.45, 7) is 5.95. The Morgan fingerprint density at radius 1 is 0.800 bits per heavy atom. The van der Waals surface area contributed by atoms with Crippen molar-refractivity contribution in [1.82, 2.24) is 14.7 Å². The van der Waals surface area contributed by atoms with Crippen LogP contribution in [0.15, 0.2) is 48.5 Å². The minimum Gasteiger partial charge on any atom is -0.379 e. The zero-order valence-corrected chi connectivity index (χ0v) is 20.3. The molecule has 2 N–H and O–H groups in total. The molecule has 0 aliphatic carbocycles. The van der Waals surface area contributed by atoms with Crippen LogP contribution in [0.1, 0.15) is 10.4 Å². The van der Waals surface area contributed by atoms with Crippen LogP contribution >= 0.6 is 11.6 Å². The number of carbonyl (C=O) groups excluding carboxylic acids is 3. The predicted molar refractivity (Wildman–Crippen MR) is 135 cm³/mol. The molecule has 2 fully saturated rings. The molecular weight excluding hydrogens is 470 g/mol. The van der Waals surface area contributed by atoms with Crippen LogP contribution in [0, 0.1) is 0 Å². The summed E-state index contributed by atoms with van der Waals surface area (Å²) in [4.78, 5) is 44.1. The topological polar surface area (TPSA) is 94.2 Å². The number of nitrogens with zero attached hydrogens (tertiary/aromatic N) is 3. The van der Waals surface area contributed by atoms with Gasteiger partial charge in [-0.1, -0.05) is 23.7 Å². The third-order valence-corrected chi connectivity index (χ3v) is 6.35. The van der Waals surface area contributed by atoms with Crippen molar-refractivity contribution < 1.29 is 19.1 Å². The molecule has 0 atom stereocenters. The summed E-state index contributed by atoms with van der Waals surface area (Å²) in [6, 6.07) is 13.7. The Bertz CT molecular complexity index is 1030. The van der Waals surface area contributed by atoms with E-state index >= 15 is 0 Å². The Labute approximate surface area is 210 Å². The average Bonchev–Trinajstić information content (AvgIpc) is 2.86. The molecule has 10 heteroatoms. The first-order chi connectivity index (χ1) is 17.0. The third-order valence-electron chi connectivity index (χ3n) is 6.10. The number of hydrogen-bond acceptors (Lipinski definition) is 6. The molecule has 35 heavy (non-hydrogen) atoms. The third kappa shape index (κ3) is 7.25.